The first-order chi connectivity index (χ1) is 14.6. The third-order valence-corrected chi connectivity index (χ3v) is 7.16. The SMILES string of the molecule is CCc1ccc(-n2c(=O)c3c4c(sc3n(Cc3ccc(F)cc3)c2=O)CCC4)cc1. The zero-order valence-corrected chi connectivity index (χ0v) is 17.5. The van der Waals surface area contributed by atoms with Gasteiger partial charge in [0, 0.05) is 4.88 Å². The van der Waals surface area contributed by atoms with Crippen molar-refractivity contribution in [3.05, 3.63) is 96.8 Å². The lowest BCUT2D eigenvalue weighted by Crippen LogP contribution is -2.39. The molecule has 0 unspecified atom stereocenters. The Kier molecular flexibility index (Phi) is 4.66. The van der Waals surface area contributed by atoms with Gasteiger partial charge >= 0.3 is 5.69 Å². The zero-order chi connectivity index (χ0) is 20.8. The summed E-state index contributed by atoms with van der Waals surface area (Å²) in [4.78, 5) is 28.9. The fourth-order valence-electron chi connectivity index (χ4n) is 4.23. The molecule has 0 spiro atoms. The standard InChI is InChI=1S/C24H21FN2O2S/c1-2-15-8-12-18(13-9-15)27-22(28)21-19-4-3-5-20(19)30-23(21)26(24(27)29)14-16-6-10-17(25)11-7-16/h6-13H,2-5,14H2,1H3. The number of aryl methyl sites for hydroxylation is 3. The van der Waals surface area contributed by atoms with Gasteiger partial charge < -0.3 is 0 Å². The molecule has 1 aliphatic carbocycles. The summed E-state index contributed by atoms with van der Waals surface area (Å²) in [5.41, 5.74) is 3.03. The predicted molar refractivity (Wildman–Crippen MR) is 119 cm³/mol. The summed E-state index contributed by atoms with van der Waals surface area (Å²) in [7, 11) is 0. The summed E-state index contributed by atoms with van der Waals surface area (Å²) in [5, 5.41) is 0.661. The van der Waals surface area contributed by atoms with E-state index in [4.69, 9.17) is 0 Å². The molecule has 4 nitrogen and oxygen atoms in total. The van der Waals surface area contributed by atoms with Crippen LogP contribution in [-0.4, -0.2) is 9.13 Å². The van der Waals surface area contributed by atoms with E-state index in [0.29, 0.717) is 17.6 Å². The maximum atomic E-state index is 13.5. The number of rotatable bonds is 4. The van der Waals surface area contributed by atoms with Gasteiger partial charge in [0.1, 0.15) is 10.6 Å². The summed E-state index contributed by atoms with van der Waals surface area (Å²) in [6, 6.07) is 13.7. The quantitative estimate of drug-likeness (QED) is 0.490. The lowest BCUT2D eigenvalue weighted by atomic mass is 10.1. The Morgan fingerprint density at radius 2 is 1.67 bits per heavy atom. The van der Waals surface area contributed by atoms with Gasteiger partial charge in [-0.2, -0.15) is 0 Å². The number of thiophene rings is 1. The van der Waals surface area contributed by atoms with Crippen LogP contribution in [0.4, 0.5) is 4.39 Å². The molecule has 0 saturated heterocycles. The van der Waals surface area contributed by atoms with Gasteiger partial charge in [0.25, 0.3) is 5.56 Å². The third kappa shape index (κ3) is 3.03. The van der Waals surface area contributed by atoms with Crippen LogP contribution in [0.15, 0.2) is 58.1 Å². The Morgan fingerprint density at radius 3 is 2.37 bits per heavy atom. The second-order valence-corrected chi connectivity index (χ2v) is 8.78. The Labute approximate surface area is 176 Å². The van der Waals surface area contributed by atoms with Crippen LogP contribution in [0.1, 0.15) is 34.9 Å². The first-order valence-electron chi connectivity index (χ1n) is 10.2. The Balaban J connectivity index is 1.78. The van der Waals surface area contributed by atoms with E-state index in [2.05, 4.69) is 6.92 Å². The number of fused-ring (bicyclic) bond motifs is 3. The number of benzene rings is 2. The van der Waals surface area contributed by atoms with Crippen molar-refractivity contribution >= 4 is 21.6 Å². The van der Waals surface area contributed by atoms with Crippen molar-refractivity contribution in [1.82, 2.24) is 9.13 Å². The monoisotopic (exact) mass is 420 g/mol. The molecule has 30 heavy (non-hydrogen) atoms. The Bertz CT molecular complexity index is 1360. The minimum atomic E-state index is -0.360. The molecular formula is C24H21FN2O2S. The number of halogens is 1. The number of hydrogen-bond acceptors (Lipinski definition) is 3. The van der Waals surface area contributed by atoms with E-state index in [1.165, 1.54) is 21.6 Å². The number of hydrogen-bond donors (Lipinski definition) is 0. The van der Waals surface area contributed by atoms with Crippen LogP contribution < -0.4 is 11.2 Å². The van der Waals surface area contributed by atoms with Crippen LogP contribution in [0.3, 0.4) is 0 Å². The maximum absolute atomic E-state index is 13.5. The predicted octanol–water partition coefficient (Wildman–Crippen LogP) is 4.45. The van der Waals surface area contributed by atoms with Crippen molar-refractivity contribution in [2.75, 3.05) is 0 Å². The van der Waals surface area contributed by atoms with Crippen LogP contribution in [0, 0.1) is 5.82 Å². The van der Waals surface area contributed by atoms with Crippen LogP contribution >= 0.6 is 11.3 Å². The molecule has 0 radical (unpaired) electrons. The van der Waals surface area contributed by atoms with Gasteiger partial charge in [-0.25, -0.2) is 13.8 Å². The Morgan fingerprint density at radius 1 is 0.967 bits per heavy atom. The molecule has 0 N–H and O–H groups in total. The molecule has 0 amide bonds. The molecule has 0 fully saturated rings. The molecule has 1 aliphatic rings. The van der Waals surface area contributed by atoms with E-state index in [1.54, 1.807) is 28.0 Å². The molecule has 0 aliphatic heterocycles. The summed E-state index contributed by atoms with van der Waals surface area (Å²) in [5.74, 6) is -0.313. The zero-order valence-electron chi connectivity index (χ0n) is 16.7. The van der Waals surface area contributed by atoms with E-state index in [-0.39, 0.29) is 17.1 Å². The molecule has 2 aromatic heterocycles. The molecule has 2 heterocycles. The topological polar surface area (TPSA) is 44.0 Å². The second kappa shape index (κ2) is 7.36. The van der Waals surface area contributed by atoms with Crippen molar-refractivity contribution < 1.29 is 4.39 Å². The number of nitrogens with zero attached hydrogens (tertiary/aromatic N) is 2. The highest BCUT2D eigenvalue weighted by molar-refractivity contribution is 7.18. The van der Waals surface area contributed by atoms with Gasteiger partial charge in [-0.05, 0) is 66.6 Å². The van der Waals surface area contributed by atoms with Gasteiger partial charge in [-0.1, -0.05) is 31.2 Å². The first kappa shape index (κ1) is 19.0. The average Bonchev–Trinajstić information content (AvgIpc) is 3.34. The normalized spacial score (nSPS) is 13.1. The van der Waals surface area contributed by atoms with Crippen molar-refractivity contribution in [1.29, 1.82) is 0 Å². The minimum absolute atomic E-state index is 0.242. The maximum Gasteiger partial charge on any atom is 0.337 e. The third-order valence-electron chi connectivity index (χ3n) is 5.84. The molecule has 2 aromatic carbocycles. The lowest BCUT2D eigenvalue weighted by Gasteiger charge is -2.13. The fourth-order valence-corrected chi connectivity index (χ4v) is 5.60. The van der Waals surface area contributed by atoms with Gasteiger partial charge in [0.15, 0.2) is 0 Å². The number of aromatic nitrogens is 2. The average molecular weight is 421 g/mol. The van der Waals surface area contributed by atoms with Gasteiger partial charge in [-0.15, -0.1) is 11.3 Å². The summed E-state index contributed by atoms with van der Waals surface area (Å²) in [6.07, 6.45) is 3.75. The molecule has 0 saturated carbocycles. The largest absolute Gasteiger partial charge is 0.337 e. The van der Waals surface area contributed by atoms with Gasteiger partial charge in [0.05, 0.1) is 17.6 Å². The smallest absolute Gasteiger partial charge is 0.280 e. The van der Waals surface area contributed by atoms with E-state index in [0.717, 1.165) is 47.2 Å². The van der Waals surface area contributed by atoms with E-state index < -0.39 is 0 Å². The van der Waals surface area contributed by atoms with E-state index >= 15 is 0 Å². The van der Waals surface area contributed by atoms with Crippen molar-refractivity contribution in [3.63, 3.8) is 0 Å². The van der Waals surface area contributed by atoms with Crippen LogP contribution in [-0.2, 0) is 25.8 Å². The van der Waals surface area contributed by atoms with Gasteiger partial charge in [-0.3, -0.25) is 9.36 Å². The summed E-state index contributed by atoms with van der Waals surface area (Å²) >= 11 is 1.55. The second-order valence-electron chi connectivity index (χ2n) is 7.69. The van der Waals surface area contributed by atoms with Crippen LogP contribution in [0.5, 0.6) is 0 Å². The Hall–Kier alpha value is -2.99. The molecule has 0 bridgehead atoms. The van der Waals surface area contributed by atoms with Gasteiger partial charge in [0.2, 0.25) is 0 Å². The van der Waals surface area contributed by atoms with Crippen molar-refractivity contribution in [2.24, 2.45) is 0 Å². The molecule has 0 atom stereocenters. The molecular weight excluding hydrogens is 399 g/mol. The van der Waals surface area contributed by atoms with Crippen molar-refractivity contribution in [2.45, 2.75) is 39.2 Å². The molecule has 4 aromatic rings. The highest BCUT2D eigenvalue weighted by Crippen LogP contribution is 2.35. The summed E-state index contributed by atoms with van der Waals surface area (Å²) < 4.78 is 16.3. The highest BCUT2D eigenvalue weighted by atomic mass is 32.1. The molecule has 5 rings (SSSR count). The molecule has 6 heteroatoms. The van der Waals surface area contributed by atoms with E-state index in [9.17, 15) is 14.0 Å². The van der Waals surface area contributed by atoms with Crippen molar-refractivity contribution in [3.8, 4) is 5.69 Å². The molecule has 152 valence electrons. The summed E-state index contributed by atoms with van der Waals surface area (Å²) in [6.45, 7) is 2.36. The van der Waals surface area contributed by atoms with E-state index in [1.807, 2.05) is 24.3 Å². The minimum Gasteiger partial charge on any atom is -0.280 e. The van der Waals surface area contributed by atoms with Crippen LogP contribution in [0.2, 0.25) is 0 Å². The fraction of sp³-hybridized carbons (Fsp3) is 0.250. The first-order valence-corrected chi connectivity index (χ1v) is 11.0. The lowest BCUT2D eigenvalue weighted by molar-refractivity contribution is 0.626. The highest BCUT2D eigenvalue weighted by Gasteiger charge is 2.25. The van der Waals surface area contributed by atoms with Crippen LogP contribution in [0.25, 0.3) is 15.9 Å².